The number of hydrogen-bond acceptors (Lipinski definition) is 4. The Bertz CT molecular complexity index is 1030. The Labute approximate surface area is 166 Å². The van der Waals surface area contributed by atoms with Gasteiger partial charge in [-0.2, -0.15) is 5.10 Å². The van der Waals surface area contributed by atoms with Gasteiger partial charge in [0.05, 0.1) is 5.69 Å². The first-order valence-electron chi connectivity index (χ1n) is 9.25. The van der Waals surface area contributed by atoms with Gasteiger partial charge < -0.3 is 4.74 Å². The molecule has 0 bridgehead atoms. The van der Waals surface area contributed by atoms with Crippen LogP contribution in [-0.2, 0) is 17.6 Å². The molecule has 0 saturated heterocycles. The molecular formula is C21H19FN4O3. The number of benzene rings is 2. The fourth-order valence-corrected chi connectivity index (χ4v) is 3.30. The minimum atomic E-state index is -0.540. The van der Waals surface area contributed by atoms with Crippen LogP contribution in [0.4, 0.5) is 4.39 Å². The van der Waals surface area contributed by atoms with Gasteiger partial charge in [0.15, 0.2) is 12.3 Å². The number of para-hydroxylation sites is 1. The Morgan fingerprint density at radius 1 is 1.03 bits per heavy atom. The van der Waals surface area contributed by atoms with E-state index in [2.05, 4.69) is 16.0 Å². The maximum Gasteiger partial charge on any atom is 0.290 e. The minimum Gasteiger partial charge on any atom is -0.484 e. The molecule has 0 aliphatic heterocycles. The predicted octanol–water partition coefficient (Wildman–Crippen LogP) is 2.34. The Kier molecular flexibility index (Phi) is 5.24. The van der Waals surface area contributed by atoms with Crippen LogP contribution in [0.25, 0.3) is 5.69 Å². The zero-order valence-electron chi connectivity index (χ0n) is 15.5. The van der Waals surface area contributed by atoms with Crippen LogP contribution >= 0.6 is 0 Å². The van der Waals surface area contributed by atoms with Gasteiger partial charge >= 0.3 is 0 Å². The smallest absolute Gasteiger partial charge is 0.290 e. The molecule has 0 radical (unpaired) electrons. The van der Waals surface area contributed by atoms with Gasteiger partial charge in [-0.05, 0) is 55.7 Å². The summed E-state index contributed by atoms with van der Waals surface area (Å²) >= 11 is 0. The van der Waals surface area contributed by atoms with Crippen LogP contribution in [-0.4, -0.2) is 28.2 Å². The van der Waals surface area contributed by atoms with E-state index in [9.17, 15) is 14.0 Å². The van der Waals surface area contributed by atoms with E-state index in [-0.39, 0.29) is 6.61 Å². The molecule has 1 aromatic heterocycles. The second-order valence-electron chi connectivity index (χ2n) is 6.62. The van der Waals surface area contributed by atoms with Gasteiger partial charge in [-0.1, -0.05) is 18.2 Å². The van der Waals surface area contributed by atoms with Gasteiger partial charge in [-0.15, -0.1) is 0 Å². The molecule has 148 valence electrons. The summed E-state index contributed by atoms with van der Waals surface area (Å²) in [6.07, 6.45) is 2.58. The maximum absolute atomic E-state index is 12.9. The number of hydrazine groups is 1. The number of halogens is 1. The lowest BCUT2D eigenvalue weighted by atomic mass is 10.2. The number of fused-ring (bicyclic) bond motifs is 1. The van der Waals surface area contributed by atoms with Gasteiger partial charge in [0.2, 0.25) is 0 Å². The number of carbonyl (C=O) groups excluding carboxylic acids is 2. The summed E-state index contributed by atoms with van der Waals surface area (Å²) in [5.41, 5.74) is 7.82. The summed E-state index contributed by atoms with van der Waals surface area (Å²) < 4.78 is 19.9. The van der Waals surface area contributed by atoms with Crippen molar-refractivity contribution >= 4 is 11.8 Å². The minimum absolute atomic E-state index is 0.307. The number of nitrogens with one attached hydrogen (secondary N) is 2. The number of amides is 2. The Balaban J connectivity index is 1.39. The summed E-state index contributed by atoms with van der Waals surface area (Å²) in [4.78, 5) is 24.5. The number of nitrogens with zero attached hydrogens (tertiary/aromatic N) is 2. The van der Waals surface area contributed by atoms with Crippen LogP contribution in [0, 0.1) is 5.82 Å². The average molecular weight is 394 g/mol. The molecule has 2 amide bonds. The zero-order valence-corrected chi connectivity index (χ0v) is 15.5. The van der Waals surface area contributed by atoms with Crippen molar-refractivity contribution in [1.82, 2.24) is 20.6 Å². The van der Waals surface area contributed by atoms with Crippen molar-refractivity contribution < 1.29 is 18.7 Å². The summed E-state index contributed by atoms with van der Waals surface area (Å²) in [5, 5.41) is 4.47. The van der Waals surface area contributed by atoms with E-state index in [1.165, 1.54) is 24.3 Å². The maximum atomic E-state index is 12.9. The van der Waals surface area contributed by atoms with Crippen LogP contribution in [0.15, 0.2) is 54.6 Å². The van der Waals surface area contributed by atoms with Crippen LogP contribution in [0.2, 0.25) is 0 Å². The van der Waals surface area contributed by atoms with Gasteiger partial charge in [-0.25, -0.2) is 9.07 Å². The van der Waals surface area contributed by atoms with Gasteiger partial charge in [0, 0.05) is 11.3 Å². The third kappa shape index (κ3) is 4.11. The fraction of sp³-hybridized carbons (Fsp3) is 0.190. The van der Waals surface area contributed by atoms with Crippen LogP contribution < -0.4 is 15.6 Å². The highest BCUT2D eigenvalue weighted by atomic mass is 19.1. The van der Waals surface area contributed by atoms with E-state index in [0.717, 1.165) is 36.2 Å². The molecule has 0 unspecified atom stereocenters. The van der Waals surface area contributed by atoms with E-state index in [4.69, 9.17) is 4.74 Å². The standard InChI is InChI=1S/C21H19FN4O3/c22-14-9-11-16(12-10-14)29-13-19(27)23-24-21(28)20-17-7-4-8-18(17)26(25-20)15-5-2-1-3-6-15/h1-3,5-6,9-12H,4,7-8,13H2,(H,23,27)(H,24,28). The fourth-order valence-electron chi connectivity index (χ4n) is 3.30. The van der Waals surface area contributed by atoms with Gasteiger partial charge in [0.1, 0.15) is 11.6 Å². The monoisotopic (exact) mass is 394 g/mol. The van der Waals surface area contributed by atoms with Gasteiger partial charge in [-0.3, -0.25) is 20.4 Å². The molecular weight excluding hydrogens is 375 g/mol. The molecule has 0 saturated carbocycles. The second kappa shape index (κ2) is 8.14. The van der Waals surface area contributed by atoms with Crippen LogP contribution in [0.3, 0.4) is 0 Å². The van der Waals surface area contributed by atoms with E-state index >= 15 is 0 Å². The zero-order chi connectivity index (χ0) is 20.2. The highest BCUT2D eigenvalue weighted by Crippen LogP contribution is 2.27. The SMILES string of the molecule is O=C(COc1ccc(F)cc1)NNC(=O)c1nn(-c2ccccc2)c2c1CCC2. The van der Waals surface area contributed by atoms with Gasteiger partial charge in [0.25, 0.3) is 11.8 Å². The molecule has 3 aromatic rings. The topological polar surface area (TPSA) is 85.2 Å². The normalized spacial score (nSPS) is 12.3. The molecule has 0 spiro atoms. The molecule has 8 heteroatoms. The number of aromatic nitrogens is 2. The molecule has 2 aromatic carbocycles. The molecule has 0 fully saturated rings. The first-order valence-corrected chi connectivity index (χ1v) is 9.25. The highest BCUT2D eigenvalue weighted by Gasteiger charge is 2.27. The van der Waals surface area contributed by atoms with Crippen LogP contribution in [0.1, 0.15) is 28.2 Å². The summed E-state index contributed by atoms with van der Waals surface area (Å²) in [5.74, 6) is -1.06. The van der Waals surface area contributed by atoms with E-state index < -0.39 is 17.6 Å². The lowest BCUT2D eigenvalue weighted by Gasteiger charge is -2.08. The molecule has 1 heterocycles. The van der Waals surface area contributed by atoms with E-state index in [0.29, 0.717) is 11.4 Å². The van der Waals surface area contributed by atoms with Crippen molar-refractivity contribution in [2.45, 2.75) is 19.3 Å². The number of carbonyl (C=O) groups is 2. The largest absolute Gasteiger partial charge is 0.484 e. The van der Waals surface area contributed by atoms with Crippen molar-refractivity contribution in [3.05, 3.63) is 77.4 Å². The number of hydrogen-bond donors (Lipinski definition) is 2. The second-order valence-corrected chi connectivity index (χ2v) is 6.62. The third-order valence-electron chi connectivity index (χ3n) is 4.65. The number of rotatable bonds is 5. The molecule has 1 aliphatic rings. The molecule has 2 N–H and O–H groups in total. The van der Waals surface area contributed by atoms with Crippen molar-refractivity contribution in [2.24, 2.45) is 0 Å². The van der Waals surface area contributed by atoms with Crippen LogP contribution in [0.5, 0.6) is 5.75 Å². The quantitative estimate of drug-likeness (QED) is 0.651. The van der Waals surface area contributed by atoms with Crippen molar-refractivity contribution in [3.63, 3.8) is 0 Å². The molecule has 0 atom stereocenters. The predicted molar refractivity (Wildman–Crippen MR) is 103 cm³/mol. The van der Waals surface area contributed by atoms with E-state index in [1.54, 1.807) is 4.68 Å². The summed E-state index contributed by atoms with van der Waals surface area (Å²) in [6, 6.07) is 14.9. The lowest BCUT2D eigenvalue weighted by Crippen LogP contribution is -2.44. The molecule has 4 rings (SSSR count). The summed E-state index contributed by atoms with van der Waals surface area (Å²) in [6.45, 7) is -0.317. The lowest BCUT2D eigenvalue weighted by molar-refractivity contribution is -0.123. The Morgan fingerprint density at radius 2 is 1.79 bits per heavy atom. The number of ether oxygens (including phenoxy) is 1. The molecule has 29 heavy (non-hydrogen) atoms. The molecule has 1 aliphatic carbocycles. The van der Waals surface area contributed by atoms with Crippen molar-refractivity contribution in [1.29, 1.82) is 0 Å². The van der Waals surface area contributed by atoms with E-state index in [1.807, 2.05) is 30.3 Å². The third-order valence-corrected chi connectivity index (χ3v) is 4.65. The molecule has 7 nitrogen and oxygen atoms in total. The van der Waals surface area contributed by atoms with Crippen molar-refractivity contribution in [2.75, 3.05) is 6.61 Å². The average Bonchev–Trinajstić information content (AvgIpc) is 3.35. The Hall–Kier alpha value is -3.68. The first-order chi connectivity index (χ1) is 14.1. The Morgan fingerprint density at radius 3 is 2.55 bits per heavy atom. The first kappa shape index (κ1) is 18.7. The van der Waals surface area contributed by atoms with Crippen molar-refractivity contribution in [3.8, 4) is 11.4 Å². The summed E-state index contributed by atoms with van der Waals surface area (Å²) in [7, 11) is 0. The highest BCUT2D eigenvalue weighted by molar-refractivity contribution is 5.95.